The smallest absolute Gasteiger partial charge is 0.133 e. The van der Waals surface area contributed by atoms with Gasteiger partial charge in [0.05, 0.1) is 7.11 Å². The van der Waals surface area contributed by atoms with Gasteiger partial charge in [-0.1, -0.05) is 0 Å². The predicted octanol–water partition coefficient (Wildman–Crippen LogP) is 2.25. The zero-order chi connectivity index (χ0) is 11.4. The lowest BCUT2D eigenvalue weighted by Gasteiger charge is -2.09. The van der Waals surface area contributed by atoms with Crippen molar-refractivity contribution in [2.75, 3.05) is 7.11 Å². The summed E-state index contributed by atoms with van der Waals surface area (Å²) in [6, 6.07) is 2.30. The maximum Gasteiger partial charge on any atom is 0.133 e. The monoisotopic (exact) mass is 215 g/mol. The summed E-state index contributed by atoms with van der Waals surface area (Å²) in [5, 5.41) is 0. The van der Waals surface area contributed by atoms with E-state index in [1.807, 2.05) is 0 Å². The third kappa shape index (κ3) is 3.16. The summed E-state index contributed by atoms with van der Waals surface area (Å²) < 4.78 is 31.5. The number of halogens is 2. The van der Waals surface area contributed by atoms with Crippen LogP contribution in [0.1, 0.15) is 18.9 Å². The normalized spacial score (nSPS) is 12.6. The van der Waals surface area contributed by atoms with Gasteiger partial charge in [-0.3, -0.25) is 0 Å². The minimum Gasteiger partial charge on any atom is -0.497 e. The van der Waals surface area contributed by atoms with Gasteiger partial charge in [-0.25, -0.2) is 8.78 Å². The lowest BCUT2D eigenvalue weighted by Crippen LogP contribution is -2.16. The van der Waals surface area contributed by atoms with Crippen LogP contribution in [0.2, 0.25) is 0 Å². The van der Waals surface area contributed by atoms with Crippen molar-refractivity contribution in [3.8, 4) is 5.75 Å². The fourth-order valence-electron chi connectivity index (χ4n) is 1.31. The summed E-state index contributed by atoms with van der Waals surface area (Å²) in [6.07, 6.45) is 0.861. The van der Waals surface area contributed by atoms with Gasteiger partial charge in [-0.2, -0.15) is 0 Å². The molecule has 1 aromatic carbocycles. The van der Waals surface area contributed by atoms with Gasteiger partial charge < -0.3 is 10.5 Å². The van der Waals surface area contributed by atoms with Crippen LogP contribution in [0.25, 0.3) is 0 Å². The molecular formula is C11H15F2NO. The van der Waals surface area contributed by atoms with Crippen LogP contribution in [0, 0.1) is 11.6 Å². The molecule has 0 saturated carbocycles. The van der Waals surface area contributed by atoms with E-state index >= 15 is 0 Å². The summed E-state index contributed by atoms with van der Waals surface area (Å²) in [6.45, 7) is 1.80. The number of hydrogen-bond acceptors (Lipinski definition) is 2. The van der Waals surface area contributed by atoms with Crippen molar-refractivity contribution in [3.05, 3.63) is 29.3 Å². The minimum absolute atomic E-state index is 0.0640. The summed E-state index contributed by atoms with van der Waals surface area (Å²) in [5.74, 6) is -0.963. The van der Waals surface area contributed by atoms with E-state index in [2.05, 4.69) is 0 Å². The van der Waals surface area contributed by atoms with Gasteiger partial charge in [0.1, 0.15) is 17.4 Å². The molecule has 4 heteroatoms. The van der Waals surface area contributed by atoms with E-state index in [1.54, 1.807) is 6.92 Å². The van der Waals surface area contributed by atoms with Gasteiger partial charge in [0.15, 0.2) is 0 Å². The largest absolute Gasteiger partial charge is 0.497 e. The first-order chi connectivity index (χ1) is 7.04. The van der Waals surface area contributed by atoms with E-state index in [1.165, 1.54) is 19.2 Å². The Labute approximate surface area is 88.0 Å². The molecule has 0 heterocycles. The summed E-state index contributed by atoms with van der Waals surface area (Å²) >= 11 is 0. The summed E-state index contributed by atoms with van der Waals surface area (Å²) in [5.41, 5.74) is 5.60. The van der Waals surface area contributed by atoms with Crippen molar-refractivity contribution in [1.82, 2.24) is 0 Å². The first-order valence-electron chi connectivity index (χ1n) is 4.82. The molecule has 15 heavy (non-hydrogen) atoms. The molecule has 0 fully saturated rings. The average Bonchev–Trinajstić information content (AvgIpc) is 2.15. The topological polar surface area (TPSA) is 35.2 Å². The average molecular weight is 215 g/mol. The van der Waals surface area contributed by atoms with Crippen molar-refractivity contribution >= 4 is 0 Å². The molecule has 2 nitrogen and oxygen atoms in total. The Morgan fingerprint density at radius 2 is 1.87 bits per heavy atom. The maximum absolute atomic E-state index is 13.4. The van der Waals surface area contributed by atoms with Gasteiger partial charge >= 0.3 is 0 Å². The minimum atomic E-state index is -0.576. The van der Waals surface area contributed by atoms with Crippen LogP contribution in [0.15, 0.2) is 12.1 Å². The predicted molar refractivity (Wildman–Crippen MR) is 54.9 cm³/mol. The lowest BCUT2D eigenvalue weighted by atomic mass is 10.1. The maximum atomic E-state index is 13.4. The highest BCUT2D eigenvalue weighted by atomic mass is 19.1. The molecule has 0 spiro atoms. The Morgan fingerprint density at radius 3 is 2.27 bits per heavy atom. The number of methoxy groups -OCH3 is 1. The Kier molecular flexibility index (Phi) is 4.03. The highest BCUT2D eigenvalue weighted by Crippen LogP contribution is 2.21. The second-order valence-corrected chi connectivity index (χ2v) is 3.59. The number of rotatable bonds is 4. The van der Waals surface area contributed by atoms with Crippen LogP contribution in [0.3, 0.4) is 0 Å². The molecule has 84 valence electrons. The van der Waals surface area contributed by atoms with Gasteiger partial charge in [-0.05, 0) is 19.8 Å². The van der Waals surface area contributed by atoms with Crippen LogP contribution in [0.5, 0.6) is 5.75 Å². The Morgan fingerprint density at radius 1 is 1.33 bits per heavy atom. The zero-order valence-corrected chi connectivity index (χ0v) is 8.89. The van der Waals surface area contributed by atoms with Gasteiger partial charge in [0, 0.05) is 23.7 Å². The molecular weight excluding hydrogens is 200 g/mol. The van der Waals surface area contributed by atoms with Crippen LogP contribution in [-0.2, 0) is 6.42 Å². The number of ether oxygens (including phenoxy) is 1. The molecule has 2 N–H and O–H groups in total. The first-order valence-corrected chi connectivity index (χ1v) is 4.82. The molecule has 1 aromatic rings. The van der Waals surface area contributed by atoms with Gasteiger partial charge in [-0.15, -0.1) is 0 Å². The van der Waals surface area contributed by atoms with Crippen LogP contribution >= 0.6 is 0 Å². The summed E-state index contributed by atoms with van der Waals surface area (Å²) in [4.78, 5) is 0. The SMILES string of the molecule is COc1cc(F)c(CCC(C)N)c(F)c1. The summed E-state index contributed by atoms with van der Waals surface area (Å²) in [7, 11) is 1.37. The van der Waals surface area contributed by atoms with Crippen LogP contribution < -0.4 is 10.5 Å². The van der Waals surface area contributed by atoms with E-state index < -0.39 is 11.6 Å². The van der Waals surface area contributed by atoms with Crippen LogP contribution in [-0.4, -0.2) is 13.2 Å². The van der Waals surface area contributed by atoms with Crippen molar-refractivity contribution in [2.45, 2.75) is 25.8 Å². The van der Waals surface area contributed by atoms with Crippen LogP contribution in [0.4, 0.5) is 8.78 Å². The van der Waals surface area contributed by atoms with E-state index in [4.69, 9.17) is 10.5 Å². The van der Waals surface area contributed by atoms with E-state index in [0.29, 0.717) is 12.8 Å². The fraction of sp³-hybridized carbons (Fsp3) is 0.455. The molecule has 0 radical (unpaired) electrons. The molecule has 0 saturated heterocycles. The van der Waals surface area contributed by atoms with Gasteiger partial charge in [0.2, 0.25) is 0 Å². The first kappa shape index (κ1) is 11.9. The van der Waals surface area contributed by atoms with E-state index in [-0.39, 0.29) is 17.4 Å². The lowest BCUT2D eigenvalue weighted by molar-refractivity contribution is 0.404. The highest BCUT2D eigenvalue weighted by molar-refractivity contribution is 5.30. The zero-order valence-electron chi connectivity index (χ0n) is 8.89. The quantitative estimate of drug-likeness (QED) is 0.836. The molecule has 1 unspecified atom stereocenters. The highest BCUT2D eigenvalue weighted by Gasteiger charge is 2.11. The Balaban J connectivity index is 2.88. The molecule has 0 aliphatic rings. The van der Waals surface area contributed by atoms with Gasteiger partial charge in [0.25, 0.3) is 0 Å². The molecule has 0 aromatic heterocycles. The fourth-order valence-corrected chi connectivity index (χ4v) is 1.31. The second kappa shape index (κ2) is 5.07. The Hall–Kier alpha value is -1.16. The van der Waals surface area contributed by atoms with Crippen molar-refractivity contribution in [3.63, 3.8) is 0 Å². The third-order valence-corrected chi connectivity index (χ3v) is 2.20. The molecule has 0 aliphatic carbocycles. The third-order valence-electron chi connectivity index (χ3n) is 2.20. The number of benzene rings is 1. The number of nitrogens with two attached hydrogens (primary N) is 1. The number of hydrogen-bond donors (Lipinski definition) is 1. The van der Waals surface area contributed by atoms with Crippen molar-refractivity contribution in [1.29, 1.82) is 0 Å². The molecule has 0 amide bonds. The molecule has 0 bridgehead atoms. The van der Waals surface area contributed by atoms with E-state index in [9.17, 15) is 8.78 Å². The second-order valence-electron chi connectivity index (χ2n) is 3.59. The molecule has 1 rings (SSSR count). The Bertz CT molecular complexity index is 316. The van der Waals surface area contributed by atoms with Crippen molar-refractivity contribution in [2.24, 2.45) is 5.73 Å². The standard InChI is InChI=1S/C11H15F2NO/c1-7(14)3-4-9-10(12)5-8(15-2)6-11(9)13/h5-7H,3-4,14H2,1-2H3. The molecule has 0 aliphatic heterocycles. The molecule has 1 atom stereocenters. The van der Waals surface area contributed by atoms with Crippen molar-refractivity contribution < 1.29 is 13.5 Å². The van der Waals surface area contributed by atoms with E-state index in [0.717, 1.165) is 0 Å².